The number of nitrogens with zero attached hydrogens (tertiary/aromatic N) is 1. The van der Waals surface area contributed by atoms with Crippen molar-refractivity contribution in [2.45, 2.75) is 38.3 Å². The SMILES string of the molecule is C=CCC(C)NC1CCc2cccnc21. The summed E-state index contributed by atoms with van der Waals surface area (Å²) < 4.78 is 0. The van der Waals surface area contributed by atoms with E-state index in [0.717, 1.165) is 12.8 Å². The molecule has 1 aliphatic rings. The molecule has 15 heavy (non-hydrogen) atoms. The van der Waals surface area contributed by atoms with Crippen molar-refractivity contribution in [3.8, 4) is 0 Å². The van der Waals surface area contributed by atoms with Crippen LogP contribution < -0.4 is 5.32 Å². The van der Waals surface area contributed by atoms with Gasteiger partial charge in [0.1, 0.15) is 0 Å². The van der Waals surface area contributed by atoms with Crippen LogP contribution in [-0.2, 0) is 6.42 Å². The quantitative estimate of drug-likeness (QED) is 0.759. The molecule has 2 rings (SSSR count). The third-order valence-electron chi connectivity index (χ3n) is 2.96. The van der Waals surface area contributed by atoms with Gasteiger partial charge in [-0.15, -0.1) is 6.58 Å². The molecule has 0 saturated carbocycles. The Morgan fingerprint density at radius 1 is 1.73 bits per heavy atom. The first-order chi connectivity index (χ1) is 7.31. The smallest absolute Gasteiger partial charge is 0.0605 e. The molecule has 1 N–H and O–H groups in total. The van der Waals surface area contributed by atoms with Gasteiger partial charge in [-0.1, -0.05) is 12.1 Å². The lowest BCUT2D eigenvalue weighted by atomic mass is 10.1. The van der Waals surface area contributed by atoms with Crippen molar-refractivity contribution in [2.24, 2.45) is 0 Å². The summed E-state index contributed by atoms with van der Waals surface area (Å²) in [6.45, 7) is 5.96. The van der Waals surface area contributed by atoms with Crippen LogP contribution in [0, 0.1) is 0 Å². The second kappa shape index (κ2) is 4.58. The predicted octanol–water partition coefficient (Wildman–Crippen LogP) is 2.62. The molecule has 0 spiro atoms. The van der Waals surface area contributed by atoms with Crippen LogP contribution in [0.5, 0.6) is 0 Å². The molecule has 1 aliphatic carbocycles. The van der Waals surface area contributed by atoms with Gasteiger partial charge in [-0.3, -0.25) is 4.98 Å². The molecular formula is C13H18N2. The Kier molecular flexibility index (Phi) is 3.17. The number of aromatic nitrogens is 1. The van der Waals surface area contributed by atoms with Crippen molar-refractivity contribution < 1.29 is 0 Å². The summed E-state index contributed by atoms with van der Waals surface area (Å²) >= 11 is 0. The molecule has 1 heterocycles. The summed E-state index contributed by atoms with van der Waals surface area (Å²) in [5, 5.41) is 3.60. The van der Waals surface area contributed by atoms with Gasteiger partial charge in [0.25, 0.3) is 0 Å². The molecule has 1 aromatic heterocycles. The first-order valence-corrected chi connectivity index (χ1v) is 5.62. The number of pyridine rings is 1. The van der Waals surface area contributed by atoms with E-state index in [1.54, 1.807) is 0 Å². The van der Waals surface area contributed by atoms with E-state index >= 15 is 0 Å². The van der Waals surface area contributed by atoms with Crippen LogP contribution >= 0.6 is 0 Å². The topological polar surface area (TPSA) is 24.9 Å². The van der Waals surface area contributed by atoms with Gasteiger partial charge in [-0.25, -0.2) is 0 Å². The highest BCUT2D eigenvalue weighted by Crippen LogP contribution is 2.29. The molecule has 2 atom stereocenters. The monoisotopic (exact) mass is 202 g/mol. The number of hydrogen-bond acceptors (Lipinski definition) is 2. The second-order valence-corrected chi connectivity index (χ2v) is 4.23. The minimum atomic E-state index is 0.441. The van der Waals surface area contributed by atoms with Gasteiger partial charge in [0, 0.05) is 12.2 Å². The molecule has 0 aromatic carbocycles. The fourth-order valence-corrected chi connectivity index (χ4v) is 2.24. The van der Waals surface area contributed by atoms with E-state index in [1.807, 2.05) is 18.3 Å². The van der Waals surface area contributed by atoms with Crippen molar-refractivity contribution in [3.63, 3.8) is 0 Å². The number of nitrogens with one attached hydrogen (secondary N) is 1. The number of fused-ring (bicyclic) bond motifs is 1. The van der Waals surface area contributed by atoms with Crippen LogP contribution in [0.15, 0.2) is 31.0 Å². The van der Waals surface area contributed by atoms with Crippen LogP contribution in [-0.4, -0.2) is 11.0 Å². The van der Waals surface area contributed by atoms with E-state index < -0.39 is 0 Å². The first kappa shape index (κ1) is 10.4. The van der Waals surface area contributed by atoms with E-state index in [-0.39, 0.29) is 0 Å². The molecule has 0 saturated heterocycles. The Hall–Kier alpha value is -1.15. The lowest BCUT2D eigenvalue weighted by Crippen LogP contribution is -2.29. The Morgan fingerprint density at radius 2 is 2.60 bits per heavy atom. The third kappa shape index (κ3) is 2.26. The largest absolute Gasteiger partial charge is 0.306 e. The second-order valence-electron chi connectivity index (χ2n) is 4.23. The van der Waals surface area contributed by atoms with Crippen LogP contribution in [0.4, 0.5) is 0 Å². The highest BCUT2D eigenvalue weighted by Gasteiger charge is 2.23. The molecule has 80 valence electrons. The minimum Gasteiger partial charge on any atom is -0.306 e. The van der Waals surface area contributed by atoms with Crippen LogP contribution in [0.25, 0.3) is 0 Å². The Morgan fingerprint density at radius 3 is 3.40 bits per heavy atom. The normalized spacial score (nSPS) is 21.0. The molecule has 0 bridgehead atoms. The molecule has 0 fully saturated rings. The molecule has 2 unspecified atom stereocenters. The van der Waals surface area contributed by atoms with Crippen molar-refractivity contribution in [1.82, 2.24) is 10.3 Å². The van der Waals surface area contributed by atoms with Crippen molar-refractivity contribution in [3.05, 3.63) is 42.2 Å². The van der Waals surface area contributed by atoms with Gasteiger partial charge in [0.2, 0.25) is 0 Å². The van der Waals surface area contributed by atoms with Crippen LogP contribution in [0.1, 0.15) is 37.1 Å². The lowest BCUT2D eigenvalue weighted by molar-refractivity contribution is 0.449. The molecule has 0 radical (unpaired) electrons. The van der Waals surface area contributed by atoms with Crippen molar-refractivity contribution >= 4 is 0 Å². The van der Waals surface area contributed by atoms with Gasteiger partial charge in [-0.05, 0) is 37.8 Å². The summed E-state index contributed by atoms with van der Waals surface area (Å²) in [6, 6.07) is 5.13. The zero-order valence-corrected chi connectivity index (χ0v) is 9.24. The molecule has 2 heteroatoms. The van der Waals surface area contributed by atoms with Crippen LogP contribution in [0.3, 0.4) is 0 Å². The number of aryl methyl sites for hydroxylation is 1. The number of hydrogen-bond donors (Lipinski definition) is 1. The Bertz CT molecular complexity index is 346. The Labute approximate surface area is 91.4 Å². The highest BCUT2D eigenvalue weighted by atomic mass is 15.0. The van der Waals surface area contributed by atoms with Gasteiger partial charge >= 0.3 is 0 Å². The van der Waals surface area contributed by atoms with E-state index in [2.05, 4.69) is 29.9 Å². The van der Waals surface area contributed by atoms with Gasteiger partial charge in [0.15, 0.2) is 0 Å². The summed E-state index contributed by atoms with van der Waals surface area (Å²) in [5.41, 5.74) is 2.65. The molecule has 1 aromatic rings. The standard InChI is InChI=1S/C13H18N2/c1-3-5-10(2)15-12-8-7-11-6-4-9-14-13(11)12/h3-4,6,9-10,12,15H,1,5,7-8H2,2H3. The average molecular weight is 202 g/mol. The zero-order valence-electron chi connectivity index (χ0n) is 9.24. The van der Waals surface area contributed by atoms with Gasteiger partial charge in [-0.2, -0.15) is 0 Å². The summed E-state index contributed by atoms with van der Waals surface area (Å²) in [7, 11) is 0. The van der Waals surface area contributed by atoms with E-state index in [9.17, 15) is 0 Å². The van der Waals surface area contributed by atoms with Gasteiger partial charge < -0.3 is 5.32 Å². The Balaban J connectivity index is 2.04. The summed E-state index contributed by atoms with van der Waals surface area (Å²) in [6.07, 6.45) is 7.19. The fraction of sp³-hybridized carbons (Fsp3) is 0.462. The maximum Gasteiger partial charge on any atom is 0.0605 e. The van der Waals surface area contributed by atoms with Crippen molar-refractivity contribution in [2.75, 3.05) is 0 Å². The molecule has 0 aliphatic heterocycles. The molecule has 0 amide bonds. The molecular weight excluding hydrogens is 184 g/mol. The van der Waals surface area contributed by atoms with E-state index in [1.165, 1.54) is 17.7 Å². The average Bonchev–Trinajstić information content (AvgIpc) is 2.62. The third-order valence-corrected chi connectivity index (χ3v) is 2.96. The minimum absolute atomic E-state index is 0.441. The maximum atomic E-state index is 4.47. The highest BCUT2D eigenvalue weighted by molar-refractivity contribution is 5.27. The maximum absolute atomic E-state index is 4.47. The predicted molar refractivity (Wildman–Crippen MR) is 62.7 cm³/mol. The zero-order chi connectivity index (χ0) is 10.7. The van der Waals surface area contributed by atoms with Crippen LogP contribution in [0.2, 0.25) is 0 Å². The fourth-order valence-electron chi connectivity index (χ4n) is 2.24. The lowest BCUT2D eigenvalue weighted by Gasteiger charge is -2.18. The summed E-state index contributed by atoms with van der Waals surface area (Å²) in [4.78, 5) is 4.47. The van der Waals surface area contributed by atoms with E-state index in [0.29, 0.717) is 12.1 Å². The van der Waals surface area contributed by atoms with E-state index in [4.69, 9.17) is 0 Å². The summed E-state index contributed by atoms with van der Waals surface area (Å²) in [5.74, 6) is 0. The van der Waals surface area contributed by atoms with Gasteiger partial charge in [0.05, 0.1) is 11.7 Å². The first-order valence-electron chi connectivity index (χ1n) is 5.62. The van der Waals surface area contributed by atoms with Crippen molar-refractivity contribution in [1.29, 1.82) is 0 Å². The molecule has 2 nitrogen and oxygen atoms in total. The number of rotatable bonds is 4.